The van der Waals surface area contributed by atoms with Gasteiger partial charge in [-0.2, -0.15) is 0 Å². The summed E-state index contributed by atoms with van der Waals surface area (Å²) in [7, 11) is -3.03. The smallest absolute Gasteiger partial charge is 0.377 e. The molecule has 1 saturated heterocycles. The molecule has 0 atom stereocenters. The number of ketones is 1. The number of ether oxygens (including phenoxy) is 1. The molecule has 0 radical (unpaired) electrons. The highest BCUT2D eigenvalue weighted by atomic mass is 32.2. The van der Waals surface area contributed by atoms with Crippen LogP contribution in [0.2, 0.25) is 0 Å². The van der Waals surface area contributed by atoms with Crippen molar-refractivity contribution >= 4 is 21.6 Å². The van der Waals surface area contributed by atoms with Crippen LogP contribution in [-0.2, 0) is 14.6 Å². The minimum Gasteiger partial charge on any atom is -0.488 e. The Balaban J connectivity index is 2.19. The quantitative estimate of drug-likeness (QED) is 0.617. The molecule has 0 saturated carbocycles. The van der Waals surface area contributed by atoms with Gasteiger partial charge >= 0.3 is 5.97 Å². The summed E-state index contributed by atoms with van der Waals surface area (Å²) in [6, 6.07) is 5.88. The predicted octanol–water partition coefficient (Wildman–Crippen LogP) is 0.130. The lowest BCUT2D eigenvalue weighted by atomic mass is 10.1. The Labute approximate surface area is 103 Å². The highest BCUT2D eigenvalue weighted by Gasteiger charge is 2.36. The van der Waals surface area contributed by atoms with Crippen molar-refractivity contribution in [1.82, 2.24) is 0 Å². The maximum absolute atomic E-state index is 11.4. The largest absolute Gasteiger partial charge is 0.488 e. The molecule has 6 nitrogen and oxygen atoms in total. The van der Waals surface area contributed by atoms with Gasteiger partial charge in [-0.05, 0) is 12.1 Å². The third-order valence-electron chi connectivity index (χ3n) is 2.50. The lowest BCUT2D eigenvalue weighted by Gasteiger charge is -2.27. The average Bonchev–Trinajstić information content (AvgIpc) is 2.26. The number of carbonyl (C=O) groups excluding carboxylic acids is 1. The molecule has 0 aromatic heterocycles. The van der Waals surface area contributed by atoms with Crippen LogP contribution in [0.4, 0.5) is 0 Å². The van der Waals surface area contributed by atoms with Crippen LogP contribution in [0.15, 0.2) is 24.3 Å². The van der Waals surface area contributed by atoms with E-state index in [1.165, 1.54) is 18.2 Å². The van der Waals surface area contributed by atoms with E-state index in [2.05, 4.69) is 0 Å². The first kappa shape index (κ1) is 12.6. The number of carboxylic acids is 1. The minimum absolute atomic E-state index is 0.0747. The van der Waals surface area contributed by atoms with Gasteiger partial charge in [0, 0.05) is 0 Å². The van der Waals surface area contributed by atoms with E-state index in [1.54, 1.807) is 6.07 Å². The Morgan fingerprint density at radius 1 is 1.22 bits per heavy atom. The van der Waals surface area contributed by atoms with Crippen LogP contribution >= 0.6 is 0 Å². The molecule has 0 unspecified atom stereocenters. The molecule has 0 amide bonds. The molecule has 18 heavy (non-hydrogen) atoms. The summed E-state index contributed by atoms with van der Waals surface area (Å²) in [6.45, 7) is 0. The molecule has 7 heteroatoms. The van der Waals surface area contributed by atoms with E-state index in [0.29, 0.717) is 0 Å². The van der Waals surface area contributed by atoms with E-state index in [4.69, 9.17) is 9.84 Å². The van der Waals surface area contributed by atoms with Crippen molar-refractivity contribution in [3.63, 3.8) is 0 Å². The Morgan fingerprint density at radius 3 is 2.39 bits per heavy atom. The van der Waals surface area contributed by atoms with Crippen molar-refractivity contribution in [2.45, 2.75) is 6.10 Å². The summed E-state index contributed by atoms with van der Waals surface area (Å²) in [5, 5.41) is 8.65. The number of benzene rings is 1. The van der Waals surface area contributed by atoms with E-state index in [0.717, 1.165) is 0 Å². The molecule has 1 N–H and O–H groups in total. The lowest BCUT2D eigenvalue weighted by Crippen LogP contribution is -2.45. The van der Waals surface area contributed by atoms with Crippen LogP contribution in [0.3, 0.4) is 0 Å². The van der Waals surface area contributed by atoms with Crippen molar-refractivity contribution in [2.24, 2.45) is 0 Å². The van der Waals surface area contributed by atoms with Gasteiger partial charge in [0.1, 0.15) is 11.9 Å². The molecular weight excluding hydrogens is 260 g/mol. The maximum atomic E-state index is 11.4. The second-order valence-electron chi connectivity index (χ2n) is 3.95. The second kappa shape index (κ2) is 4.41. The van der Waals surface area contributed by atoms with Crippen LogP contribution in [0.5, 0.6) is 5.75 Å². The molecule has 1 aliphatic heterocycles. The van der Waals surface area contributed by atoms with Gasteiger partial charge in [-0.25, -0.2) is 13.2 Å². The van der Waals surface area contributed by atoms with Gasteiger partial charge in [0.2, 0.25) is 0 Å². The fourth-order valence-corrected chi connectivity index (χ4v) is 2.81. The van der Waals surface area contributed by atoms with Gasteiger partial charge in [-0.1, -0.05) is 12.1 Å². The number of aliphatic carboxylic acids is 1. The minimum atomic E-state index is -3.03. The normalized spacial score (nSPS) is 17.8. The summed E-state index contributed by atoms with van der Waals surface area (Å²) in [6.07, 6.45) is -0.516. The van der Waals surface area contributed by atoms with Gasteiger partial charge < -0.3 is 9.84 Å². The van der Waals surface area contributed by atoms with Gasteiger partial charge in [0.15, 0.2) is 9.84 Å². The molecule has 1 aromatic carbocycles. The van der Waals surface area contributed by atoms with Crippen LogP contribution in [0, 0.1) is 0 Å². The maximum Gasteiger partial charge on any atom is 0.377 e. The molecule has 1 aromatic rings. The number of Topliss-reactive ketones (excluding diaryl/α,β-unsaturated/α-hetero) is 1. The molecular formula is C11H10O6S. The molecule has 0 aliphatic carbocycles. The van der Waals surface area contributed by atoms with Crippen molar-refractivity contribution in [3.8, 4) is 5.75 Å². The number of para-hydroxylation sites is 1. The Bertz CT molecular complexity index is 592. The number of carboxylic acid groups (broad SMARTS) is 1. The zero-order chi connectivity index (χ0) is 13.3. The third kappa shape index (κ3) is 2.51. The molecule has 1 fully saturated rings. The van der Waals surface area contributed by atoms with E-state index in [9.17, 15) is 18.0 Å². The van der Waals surface area contributed by atoms with Crippen molar-refractivity contribution in [2.75, 3.05) is 11.5 Å². The summed E-state index contributed by atoms with van der Waals surface area (Å²) in [5.74, 6) is -2.77. The number of hydrogen-bond donors (Lipinski definition) is 1. The summed E-state index contributed by atoms with van der Waals surface area (Å²) < 4.78 is 27.3. The van der Waals surface area contributed by atoms with Gasteiger partial charge in [0.25, 0.3) is 5.78 Å². The Hall–Kier alpha value is -1.89. The summed E-state index contributed by atoms with van der Waals surface area (Å²) in [4.78, 5) is 22.0. The number of carbonyl (C=O) groups is 2. The van der Waals surface area contributed by atoms with Crippen LogP contribution in [-0.4, -0.2) is 42.9 Å². The average molecular weight is 270 g/mol. The fourth-order valence-electron chi connectivity index (χ4n) is 1.64. The lowest BCUT2D eigenvalue weighted by molar-refractivity contribution is -0.131. The zero-order valence-electron chi connectivity index (χ0n) is 9.20. The number of sulfone groups is 1. The van der Waals surface area contributed by atoms with Crippen molar-refractivity contribution in [3.05, 3.63) is 29.8 Å². The molecule has 1 heterocycles. The Morgan fingerprint density at radius 2 is 1.83 bits per heavy atom. The van der Waals surface area contributed by atoms with Gasteiger partial charge in [0.05, 0.1) is 17.1 Å². The number of rotatable bonds is 4. The first-order chi connectivity index (χ1) is 8.39. The second-order valence-corrected chi connectivity index (χ2v) is 6.10. The zero-order valence-corrected chi connectivity index (χ0v) is 10.0. The van der Waals surface area contributed by atoms with E-state index < -0.39 is 27.7 Å². The van der Waals surface area contributed by atoms with Crippen molar-refractivity contribution < 1.29 is 27.9 Å². The third-order valence-corrected chi connectivity index (χ3v) is 4.26. The highest BCUT2D eigenvalue weighted by Crippen LogP contribution is 2.24. The topological polar surface area (TPSA) is 97.7 Å². The SMILES string of the molecule is O=C(O)C(=O)c1ccccc1OC1CS(=O)(=O)C1. The molecule has 96 valence electrons. The predicted molar refractivity (Wildman–Crippen MR) is 61.5 cm³/mol. The fraction of sp³-hybridized carbons (Fsp3) is 0.273. The first-order valence-electron chi connectivity index (χ1n) is 5.13. The summed E-state index contributed by atoms with van der Waals surface area (Å²) in [5.41, 5.74) is -0.0747. The number of hydrogen-bond acceptors (Lipinski definition) is 5. The highest BCUT2D eigenvalue weighted by molar-refractivity contribution is 7.92. The van der Waals surface area contributed by atoms with Crippen LogP contribution in [0.25, 0.3) is 0 Å². The monoisotopic (exact) mass is 270 g/mol. The van der Waals surface area contributed by atoms with Gasteiger partial charge in [-0.3, -0.25) is 4.79 Å². The molecule has 2 rings (SSSR count). The molecule has 0 bridgehead atoms. The van der Waals surface area contributed by atoms with Gasteiger partial charge in [-0.15, -0.1) is 0 Å². The Kier molecular flexibility index (Phi) is 3.08. The first-order valence-corrected chi connectivity index (χ1v) is 6.95. The summed E-state index contributed by atoms with van der Waals surface area (Å²) >= 11 is 0. The van der Waals surface area contributed by atoms with E-state index >= 15 is 0 Å². The van der Waals surface area contributed by atoms with Crippen LogP contribution < -0.4 is 4.74 Å². The standard InChI is InChI=1S/C11H10O6S/c12-10(11(13)14)8-3-1-2-4-9(8)17-7-5-18(15,16)6-7/h1-4,7H,5-6H2,(H,13,14). The van der Waals surface area contributed by atoms with Crippen molar-refractivity contribution in [1.29, 1.82) is 0 Å². The van der Waals surface area contributed by atoms with Crippen LogP contribution in [0.1, 0.15) is 10.4 Å². The molecule has 1 aliphatic rings. The van der Waals surface area contributed by atoms with E-state index in [-0.39, 0.29) is 22.8 Å². The van der Waals surface area contributed by atoms with E-state index in [1.807, 2.05) is 0 Å². The molecule has 0 spiro atoms.